The summed E-state index contributed by atoms with van der Waals surface area (Å²) < 4.78 is 1.57. The van der Waals surface area contributed by atoms with Crippen molar-refractivity contribution < 1.29 is 4.79 Å². The quantitative estimate of drug-likeness (QED) is 0.739. The molecule has 0 atom stereocenters. The molecule has 0 unspecified atom stereocenters. The summed E-state index contributed by atoms with van der Waals surface area (Å²) in [6.45, 7) is 6.31. The Morgan fingerprint density at radius 1 is 0.857 bits per heavy atom. The molecule has 0 saturated heterocycles. The molecule has 0 N–H and O–H groups in total. The van der Waals surface area contributed by atoms with Gasteiger partial charge in [0.15, 0.2) is 5.78 Å². The molecule has 3 nitrogen and oxygen atoms in total. The van der Waals surface area contributed by atoms with E-state index in [0.717, 1.165) is 7.88 Å². The maximum absolute atomic E-state index is 11.9. The molecule has 0 fully saturated rings. The molecule has 0 bridgehead atoms. The molecule has 0 aromatic carbocycles. The average molecular weight is 282 g/mol. The lowest BCUT2D eigenvalue weighted by Crippen LogP contribution is -2.54. The van der Waals surface area contributed by atoms with Crippen molar-refractivity contribution in [2.45, 2.75) is 38.8 Å². The second kappa shape index (κ2) is 4.73. The van der Waals surface area contributed by atoms with E-state index in [2.05, 4.69) is 0 Å². The first-order valence-electron chi connectivity index (χ1n) is 3.83. The van der Waals surface area contributed by atoms with Crippen LogP contribution in [0, 0.1) is 0 Å². The van der Waals surface area contributed by atoms with Gasteiger partial charge in [-0.2, -0.15) is 0 Å². The highest BCUT2D eigenvalue weighted by Crippen LogP contribution is 2.31. The molecule has 0 saturated carbocycles. The fraction of sp³-hybridized carbons (Fsp3) is 0.857. The minimum absolute atomic E-state index is 0.292. The SMILES string of the molecule is CC(C)(C(=O)C(C)(C)N(Cl)Cl)N(Cl)Cl. The summed E-state index contributed by atoms with van der Waals surface area (Å²) in [6.07, 6.45) is 0. The molecule has 0 spiro atoms. The van der Waals surface area contributed by atoms with Gasteiger partial charge in [0.05, 0.1) is 0 Å². The van der Waals surface area contributed by atoms with E-state index in [1.54, 1.807) is 27.7 Å². The number of halogens is 4. The lowest BCUT2D eigenvalue weighted by atomic mass is 9.87. The number of hydrogen-bond acceptors (Lipinski definition) is 3. The van der Waals surface area contributed by atoms with Crippen molar-refractivity contribution in [2.75, 3.05) is 0 Å². The Hall–Kier alpha value is 0.750. The number of Topliss-reactive ketones (excluding diaryl/α,β-unsaturated/α-hetero) is 1. The highest BCUT2D eigenvalue weighted by atomic mass is 35.5. The molecule has 0 amide bonds. The Kier molecular flexibility index (Phi) is 4.98. The highest BCUT2D eigenvalue weighted by molar-refractivity contribution is 6.37. The molecule has 0 rings (SSSR count). The van der Waals surface area contributed by atoms with Crippen LogP contribution in [0.3, 0.4) is 0 Å². The van der Waals surface area contributed by atoms with Crippen LogP contribution in [0.25, 0.3) is 0 Å². The van der Waals surface area contributed by atoms with E-state index in [4.69, 9.17) is 47.1 Å². The monoisotopic (exact) mass is 280 g/mol. The Morgan fingerprint density at radius 3 is 1.21 bits per heavy atom. The largest absolute Gasteiger partial charge is 0.295 e. The smallest absolute Gasteiger partial charge is 0.177 e. The van der Waals surface area contributed by atoms with Crippen LogP contribution >= 0.6 is 47.1 Å². The van der Waals surface area contributed by atoms with Gasteiger partial charge in [0.1, 0.15) is 11.1 Å². The standard InChI is InChI=1S/C7H12Cl4N2O/c1-6(2,12(8)9)5(14)7(3,4)13(10)11/h1-4H3. The van der Waals surface area contributed by atoms with Crippen molar-refractivity contribution >= 4 is 52.9 Å². The second-order valence-corrected chi connectivity index (χ2v) is 5.61. The zero-order valence-corrected chi connectivity index (χ0v) is 11.3. The molecule has 84 valence electrons. The van der Waals surface area contributed by atoms with Crippen LogP contribution in [-0.2, 0) is 4.79 Å². The number of carbonyl (C=O) groups excluding carboxylic acids is 1. The predicted molar refractivity (Wildman–Crippen MR) is 60.3 cm³/mol. The van der Waals surface area contributed by atoms with Crippen LogP contribution in [0.1, 0.15) is 27.7 Å². The van der Waals surface area contributed by atoms with Crippen molar-refractivity contribution in [3.8, 4) is 0 Å². The molecule has 0 aliphatic heterocycles. The van der Waals surface area contributed by atoms with E-state index in [1.165, 1.54) is 0 Å². The highest BCUT2D eigenvalue weighted by Gasteiger charge is 2.45. The fourth-order valence-corrected chi connectivity index (χ4v) is 1.21. The van der Waals surface area contributed by atoms with Gasteiger partial charge in [-0.1, -0.05) is 0 Å². The predicted octanol–water partition coefficient (Wildman–Crippen LogP) is 3.33. The third kappa shape index (κ3) is 2.87. The summed E-state index contributed by atoms with van der Waals surface area (Å²) in [5, 5.41) is 0. The molecular formula is C7H12Cl4N2O. The Labute approximate surface area is 104 Å². The second-order valence-electron chi connectivity index (χ2n) is 3.91. The molecule has 0 radical (unpaired) electrons. The van der Waals surface area contributed by atoms with Gasteiger partial charge in [0, 0.05) is 0 Å². The third-order valence-electron chi connectivity index (χ3n) is 1.96. The molecule has 0 aliphatic rings. The lowest BCUT2D eigenvalue weighted by Gasteiger charge is -2.35. The number of carbonyl (C=O) groups is 1. The summed E-state index contributed by atoms with van der Waals surface area (Å²) in [5.74, 6) is -0.292. The maximum atomic E-state index is 11.9. The number of hydrogen-bond donors (Lipinski definition) is 0. The van der Waals surface area contributed by atoms with E-state index in [-0.39, 0.29) is 5.78 Å². The van der Waals surface area contributed by atoms with E-state index in [1.807, 2.05) is 0 Å². The van der Waals surface area contributed by atoms with Crippen LogP contribution in [0.4, 0.5) is 0 Å². The zero-order chi connectivity index (χ0) is 11.7. The molecule has 7 heteroatoms. The van der Waals surface area contributed by atoms with Crippen molar-refractivity contribution in [1.29, 1.82) is 0 Å². The van der Waals surface area contributed by atoms with Crippen LogP contribution < -0.4 is 0 Å². The summed E-state index contributed by atoms with van der Waals surface area (Å²) in [5.41, 5.74) is -2.12. The van der Waals surface area contributed by atoms with Gasteiger partial charge >= 0.3 is 0 Å². The Bertz CT molecular complexity index is 206. The van der Waals surface area contributed by atoms with Gasteiger partial charge in [-0.05, 0) is 74.8 Å². The molecule has 0 aromatic rings. The summed E-state index contributed by atoms with van der Waals surface area (Å²) in [4.78, 5) is 11.9. The van der Waals surface area contributed by atoms with E-state index in [9.17, 15) is 4.79 Å². The molecule has 14 heavy (non-hydrogen) atoms. The van der Waals surface area contributed by atoms with Crippen molar-refractivity contribution in [3.63, 3.8) is 0 Å². The van der Waals surface area contributed by atoms with Gasteiger partial charge in [-0.3, -0.25) is 4.79 Å². The zero-order valence-electron chi connectivity index (χ0n) is 8.31. The maximum Gasteiger partial charge on any atom is 0.177 e. The number of ketones is 1. The topological polar surface area (TPSA) is 23.6 Å². The first-order valence-corrected chi connectivity index (χ1v) is 5.18. The lowest BCUT2D eigenvalue weighted by molar-refractivity contribution is -0.132. The molecule has 0 aliphatic carbocycles. The number of nitrogens with zero attached hydrogens (tertiary/aromatic N) is 2. The summed E-state index contributed by atoms with van der Waals surface area (Å²) in [7, 11) is 0. The van der Waals surface area contributed by atoms with Crippen molar-refractivity contribution in [2.24, 2.45) is 0 Å². The van der Waals surface area contributed by atoms with Gasteiger partial charge in [0.25, 0.3) is 0 Å². The average Bonchev–Trinajstić information content (AvgIpc) is 2.02. The van der Waals surface area contributed by atoms with E-state index < -0.39 is 11.1 Å². The van der Waals surface area contributed by atoms with Gasteiger partial charge in [0.2, 0.25) is 0 Å². The first-order chi connectivity index (χ1) is 6.04. The van der Waals surface area contributed by atoms with Crippen molar-refractivity contribution in [3.05, 3.63) is 0 Å². The summed E-state index contributed by atoms with van der Waals surface area (Å²) in [6, 6.07) is 0. The Balaban J connectivity index is 4.96. The minimum Gasteiger partial charge on any atom is -0.295 e. The van der Waals surface area contributed by atoms with Crippen LogP contribution in [0.2, 0.25) is 0 Å². The van der Waals surface area contributed by atoms with Gasteiger partial charge in [-0.15, -0.1) is 7.88 Å². The van der Waals surface area contributed by atoms with Gasteiger partial charge in [-0.25, -0.2) is 0 Å². The Morgan fingerprint density at radius 2 is 1.07 bits per heavy atom. The van der Waals surface area contributed by atoms with Gasteiger partial charge < -0.3 is 0 Å². The molecular weight excluding hydrogens is 270 g/mol. The van der Waals surface area contributed by atoms with Crippen LogP contribution in [0.5, 0.6) is 0 Å². The van der Waals surface area contributed by atoms with Crippen LogP contribution in [-0.4, -0.2) is 24.7 Å². The van der Waals surface area contributed by atoms with E-state index in [0.29, 0.717) is 0 Å². The van der Waals surface area contributed by atoms with Crippen LogP contribution in [0.15, 0.2) is 0 Å². The third-order valence-corrected chi connectivity index (χ3v) is 3.65. The van der Waals surface area contributed by atoms with E-state index >= 15 is 0 Å². The van der Waals surface area contributed by atoms with Crippen molar-refractivity contribution in [1.82, 2.24) is 7.88 Å². The summed E-state index contributed by atoms with van der Waals surface area (Å²) >= 11 is 22.2. The normalized spacial score (nSPS) is 13.9. The first kappa shape index (κ1) is 14.8. The molecule has 0 aromatic heterocycles. The molecule has 0 heterocycles. The minimum atomic E-state index is -1.06. The number of rotatable bonds is 4. The fourth-order valence-electron chi connectivity index (χ4n) is 0.902.